The van der Waals surface area contributed by atoms with Gasteiger partial charge in [-0.3, -0.25) is 4.99 Å². The van der Waals surface area contributed by atoms with Crippen LogP contribution in [0, 0.1) is 0 Å². The highest BCUT2D eigenvalue weighted by Gasteiger charge is 1.98. The van der Waals surface area contributed by atoms with Crippen molar-refractivity contribution in [2.75, 3.05) is 0 Å². The number of hydrogen-bond donors (Lipinski definition) is 1. The maximum Gasteiger partial charge on any atom is 0.141 e. The van der Waals surface area contributed by atoms with Crippen LogP contribution in [0.4, 0.5) is 5.69 Å². The molecule has 0 radical (unpaired) electrons. The molecule has 0 atom stereocenters. The minimum Gasteiger partial charge on any atom is -0.506 e. The number of hydrogen-bond acceptors (Lipinski definition) is 2. The van der Waals surface area contributed by atoms with E-state index in [1.807, 2.05) is 59.4 Å². The number of phenols is 1. The van der Waals surface area contributed by atoms with Crippen molar-refractivity contribution in [3.05, 3.63) is 78.6 Å². The summed E-state index contributed by atoms with van der Waals surface area (Å²) in [5.74, 6) is 0.186. The Balaban J connectivity index is 1.83. The first kappa shape index (κ1) is 12.2. The molecule has 0 fully saturated rings. The number of phenolic OH excluding ortho intramolecular Hbond substituents is 1. The third kappa shape index (κ3) is 2.62. The van der Waals surface area contributed by atoms with Crippen molar-refractivity contribution in [1.82, 2.24) is 4.57 Å². The van der Waals surface area contributed by atoms with Gasteiger partial charge in [0.25, 0.3) is 0 Å². The number of aliphatic imine (C=N–C) groups is 1. The Morgan fingerprint density at radius 3 is 2.45 bits per heavy atom. The SMILES string of the molecule is Oc1ccccc1N=Cc1ccn(-c2ccccc2)c1. The second-order valence-corrected chi connectivity index (χ2v) is 4.43. The number of aromatic hydroxyl groups is 1. The van der Waals surface area contributed by atoms with Gasteiger partial charge in [0.2, 0.25) is 0 Å². The van der Waals surface area contributed by atoms with E-state index in [4.69, 9.17) is 0 Å². The van der Waals surface area contributed by atoms with Crippen LogP contribution in [-0.4, -0.2) is 15.9 Å². The highest BCUT2D eigenvalue weighted by atomic mass is 16.3. The van der Waals surface area contributed by atoms with E-state index in [0.29, 0.717) is 5.69 Å². The quantitative estimate of drug-likeness (QED) is 0.713. The molecule has 0 saturated carbocycles. The van der Waals surface area contributed by atoms with E-state index in [1.54, 1.807) is 24.4 Å². The summed E-state index contributed by atoms with van der Waals surface area (Å²) in [5.41, 5.74) is 2.66. The Labute approximate surface area is 117 Å². The average molecular weight is 262 g/mol. The lowest BCUT2D eigenvalue weighted by molar-refractivity contribution is 0.477. The molecule has 3 heteroatoms. The topological polar surface area (TPSA) is 37.5 Å². The van der Waals surface area contributed by atoms with Gasteiger partial charge in [-0.2, -0.15) is 0 Å². The summed E-state index contributed by atoms with van der Waals surface area (Å²) in [6, 6.07) is 19.1. The van der Waals surface area contributed by atoms with Gasteiger partial charge < -0.3 is 9.67 Å². The predicted molar refractivity (Wildman–Crippen MR) is 81.1 cm³/mol. The molecule has 20 heavy (non-hydrogen) atoms. The Bertz CT molecular complexity index is 730. The lowest BCUT2D eigenvalue weighted by Gasteiger charge is -2.00. The van der Waals surface area contributed by atoms with Gasteiger partial charge in [0.1, 0.15) is 11.4 Å². The van der Waals surface area contributed by atoms with Gasteiger partial charge in [0.15, 0.2) is 0 Å². The van der Waals surface area contributed by atoms with Crippen LogP contribution in [0.1, 0.15) is 5.56 Å². The second kappa shape index (κ2) is 5.45. The molecular formula is C17H14N2O. The maximum atomic E-state index is 9.65. The molecular weight excluding hydrogens is 248 g/mol. The van der Waals surface area contributed by atoms with Crippen molar-refractivity contribution in [3.63, 3.8) is 0 Å². The van der Waals surface area contributed by atoms with E-state index in [9.17, 15) is 5.11 Å². The molecule has 0 saturated heterocycles. The van der Waals surface area contributed by atoms with E-state index in [2.05, 4.69) is 4.99 Å². The molecule has 0 unspecified atom stereocenters. The third-order valence-electron chi connectivity index (χ3n) is 3.00. The van der Waals surface area contributed by atoms with Gasteiger partial charge in [-0.05, 0) is 30.3 Å². The van der Waals surface area contributed by atoms with Gasteiger partial charge >= 0.3 is 0 Å². The van der Waals surface area contributed by atoms with Crippen molar-refractivity contribution in [3.8, 4) is 11.4 Å². The van der Waals surface area contributed by atoms with Gasteiger partial charge in [-0.1, -0.05) is 30.3 Å². The standard InChI is InChI=1S/C17H14N2O/c20-17-9-5-4-8-16(17)18-12-14-10-11-19(13-14)15-6-2-1-3-7-15/h1-13,20H. The number of aromatic nitrogens is 1. The summed E-state index contributed by atoms with van der Waals surface area (Å²) in [7, 11) is 0. The maximum absolute atomic E-state index is 9.65. The molecule has 1 heterocycles. The fourth-order valence-electron chi connectivity index (χ4n) is 1.97. The molecule has 0 aliphatic heterocycles. The third-order valence-corrected chi connectivity index (χ3v) is 3.00. The monoisotopic (exact) mass is 262 g/mol. The van der Waals surface area contributed by atoms with Crippen LogP contribution in [0.5, 0.6) is 5.75 Å². The summed E-state index contributed by atoms with van der Waals surface area (Å²) in [6.45, 7) is 0. The average Bonchev–Trinajstić information content (AvgIpc) is 2.96. The fraction of sp³-hybridized carbons (Fsp3) is 0. The first-order valence-electron chi connectivity index (χ1n) is 6.38. The van der Waals surface area contributed by atoms with E-state index < -0.39 is 0 Å². The lowest BCUT2D eigenvalue weighted by atomic mass is 10.3. The van der Waals surface area contributed by atoms with E-state index in [1.165, 1.54) is 0 Å². The van der Waals surface area contributed by atoms with E-state index >= 15 is 0 Å². The van der Waals surface area contributed by atoms with E-state index in [0.717, 1.165) is 11.3 Å². The molecule has 0 bridgehead atoms. The smallest absolute Gasteiger partial charge is 0.141 e. The van der Waals surface area contributed by atoms with Crippen LogP contribution in [0.25, 0.3) is 5.69 Å². The summed E-state index contributed by atoms with van der Waals surface area (Å²) in [4.78, 5) is 4.29. The van der Waals surface area contributed by atoms with Crippen molar-refractivity contribution < 1.29 is 5.11 Å². The molecule has 0 aliphatic carbocycles. The minimum atomic E-state index is 0.186. The molecule has 1 N–H and O–H groups in total. The molecule has 2 aromatic carbocycles. The van der Waals surface area contributed by atoms with Crippen LogP contribution in [0.2, 0.25) is 0 Å². The Kier molecular flexibility index (Phi) is 3.33. The van der Waals surface area contributed by atoms with Gasteiger partial charge in [0.05, 0.1) is 0 Å². The highest BCUT2D eigenvalue weighted by Crippen LogP contribution is 2.24. The van der Waals surface area contributed by atoms with Gasteiger partial charge in [0, 0.05) is 29.9 Å². The fourth-order valence-corrected chi connectivity index (χ4v) is 1.97. The zero-order chi connectivity index (χ0) is 13.8. The number of nitrogens with zero attached hydrogens (tertiary/aromatic N) is 2. The molecule has 0 aliphatic rings. The van der Waals surface area contributed by atoms with Crippen LogP contribution in [-0.2, 0) is 0 Å². The normalized spacial score (nSPS) is 11.0. The number of para-hydroxylation sites is 3. The van der Waals surface area contributed by atoms with Crippen molar-refractivity contribution in [2.24, 2.45) is 4.99 Å². The highest BCUT2D eigenvalue weighted by molar-refractivity contribution is 5.82. The van der Waals surface area contributed by atoms with Crippen LogP contribution < -0.4 is 0 Å². The molecule has 3 nitrogen and oxygen atoms in total. The molecule has 3 aromatic rings. The Morgan fingerprint density at radius 2 is 1.65 bits per heavy atom. The summed E-state index contributed by atoms with van der Waals surface area (Å²) in [5, 5.41) is 9.65. The first-order valence-corrected chi connectivity index (χ1v) is 6.38. The first-order chi connectivity index (χ1) is 9.83. The van der Waals surface area contributed by atoms with Crippen molar-refractivity contribution >= 4 is 11.9 Å². The van der Waals surface area contributed by atoms with Crippen molar-refractivity contribution in [2.45, 2.75) is 0 Å². The lowest BCUT2D eigenvalue weighted by Crippen LogP contribution is -1.88. The van der Waals surface area contributed by atoms with Crippen molar-refractivity contribution in [1.29, 1.82) is 0 Å². The number of rotatable bonds is 3. The molecule has 0 amide bonds. The van der Waals surface area contributed by atoms with Crippen LogP contribution in [0.3, 0.4) is 0 Å². The zero-order valence-electron chi connectivity index (χ0n) is 10.8. The minimum absolute atomic E-state index is 0.186. The van der Waals surface area contributed by atoms with Crippen LogP contribution >= 0.6 is 0 Å². The number of benzene rings is 2. The largest absolute Gasteiger partial charge is 0.506 e. The summed E-state index contributed by atoms with van der Waals surface area (Å²) < 4.78 is 2.03. The summed E-state index contributed by atoms with van der Waals surface area (Å²) >= 11 is 0. The van der Waals surface area contributed by atoms with E-state index in [-0.39, 0.29) is 5.75 Å². The Hall–Kier alpha value is -2.81. The second-order valence-electron chi connectivity index (χ2n) is 4.43. The van der Waals surface area contributed by atoms with Gasteiger partial charge in [-0.15, -0.1) is 0 Å². The molecule has 3 rings (SSSR count). The zero-order valence-corrected chi connectivity index (χ0v) is 10.8. The van der Waals surface area contributed by atoms with Crippen LogP contribution in [0.15, 0.2) is 78.0 Å². The van der Waals surface area contributed by atoms with Gasteiger partial charge in [-0.25, -0.2) is 0 Å². The molecule has 0 spiro atoms. The predicted octanol–water partition coefficient (Wildman–Crippen LogP) is 3.93. The Morgan fingerprint density at radius 1 is 0.900 bits per heavy atom. The summed E-state index contributed by atoms with van der Waals surface area (Å²) in [6.07, 6.45) is 5.73. The molecule has 1 aromatic heterocycles. The molecule has 98 valence electrons.